The lowest BCUT2D eigenvalue weighted by atomic mass is 9.93. The Bertz CT molecular complexity index is 216. The number of nitrogens with one attached hydrogen (secondary N) is 1. The second-order valence-electron chi connectivity index (χ2n) is 3.38. The van der Waals surface area contributed by atoms with Crippen LogP contribution in [-0.2, 0) is 4.79 Å². The van der Waals surface area contributed by atoms with E-state index in [0.29, 0.717) is 32.2 Å². The number of hydrogen-bond acceptors (Lipinski definition) is 3. The summed E-state index contributed by atoms with van der Waals surface area (Å²) in [6.45, 7) is 4.34. The molecule has 0 aromatic heterocycles. The maximum atomic E-state index is 11.6. The molecule has 0 heterocycles. The summed E-state index contributed by atoms with van der Waals surface area (Å²) in [6.07, 6.45) is 2.42. The lowest BCUT2D eigenvalue weighted by Crippen LogP contribution is -2.53. The molecule has 0 bridgehead atoms. The molecule has 4 nitrogen and oxygen atoms in total. The average Bonchev–Trinajstić information content (AvgIpc) is 2.22. The SMILES string of the molecule is CCC(N)(CC)C(=O)NCCCC#N. The van der Waals surface area contributed by atoms with Crippen molar-refractivity contribution < 1.29 is 4.79 Å². The van der Waals surface area contributed by atoms with Gasteiger partial charge in [-0.25, -0.2) is 0 Å². The van der Waals surface area contributed by atoms with Crippen molar-refractivity contribution >= 4 is 5.91 Å². The first kappa shape index (κ1) is 12.9. The van der Waals surface area contributed by atoms with E-state index in [1.807, 2.05) is 19.9 Å². The second-order valence-corrected chi connectivity index (χ2v) is 3.38. The number of hydrogen-bond donors (Lipinski definition) is 2. The van der Waals surface area contributed by atoms with E-state index in [0.717, 1.165) is 0 Å². The molecule has 1 amide bonds. The van der Waals surface area contributed by atoms with E-state index in [2.05, 4.69) is 5.32 Å². The lowest BCUT2D eigenvalue weighted by molar-refractivity contribution is -0.126. The molecule has 80 valence electrons. The molecule has 4 heteroatoms. The van der Waals surface area contributed by atoms with Crippen LogP contribution < -0.4 is 11.1 Å². The smallest absolute Gasteiger partial charge is 0.240 e. The third kappa shape index (κ3) is 3.75. The zero-order chi connectivity index (χ0) is 11.0. The standard InChI is InChI=1S/C10H19N3O/c1-3-10(12,4-2)9(14)13-8-6-5-7-11/h3-6,8,12H2,1-2H3,(H,13,14). The first-order valence-electron chi connectivity index (χ1n) is 5.04. The Labute approximate surface area is 85.5 Å². The monoisotopic (exact) mass is 197 g/mol. The van der Waals surface area contributed by atoms with Crippen LogP contribution >= 0.6 is 0 Å². The number of carbonyl (C=O) groups excluding carboxylic acids is 1. The number of nitrogens with two attached hydrogens (primary N) is 1. The Morgan fingerprint density at radius 1 is 1.50 bits per heavy atom. The van der Waals surface area contributed by atoms with Gasteiger partial charge < -0.3 is 11.1 Å². The predicted octanol–water partition coefficient (Wildman–Crippen LogP) is 0.924. The minimum absolute atomic E-state index is 0.111. The number of amides is 1. The molecule has 0 aliphatic rings. The maximum Gasteiger partial charge on any atom is 0.240 e. The van der Waals surface area contributed by atoms with Crippen LogP contribution in [0.4, 0.5) is 0 Å². The maximum absolute atomic E-state index is 11.6. The molecular formula is C10H19N3O. The minimum Gasteiger partial charge on any atom is -0.354 e. The van der Waals surface area contributed by atoms with E-state index in [1.54, 1.807) is 0 Å². The molecule has 0 aromatic rings. The fourth-order valence-electron chi connectivity index (χ4n) is 1.12. The highest BCUT2D eigenvalue weighted by atomic mass is 16.2. The Kier molecular flexibility index (Phi) is 5.89. The Morgan fingerprint density at radius 2 is 2.07 bits per heavy atom. The number of nitrogens with zero attached hydrogens (tertiary/aromatic N) is 1. The van der Waals surface area contributed by atoms with Crippen LogP contribution in [0.3, 0.4) is 0 Å². The number of rotatable bonds is 6. The highest BCUT2D eigenvalue weighted by Crippen LogP contribution is 2.10. The summed E-state index contributed by atoms with van der Waals surface area (Å²) in [5.41, 5.74) is 5.13. The van der Waals surface area contributed by atoms with Gasteiger partial charge in [-0.15, -0.1) is 0 Å². The van der Waals surface area contributed by atoms with Crippen LogP contribution in [0, 0.1) is 11.3 Å². The van der Waals surface area contributed by atoms with Gasteiger partial charge in [-0.2, -0.15) is 5.26 Å². The molecular weight excluding hydrogens is 178 g/mol. The quantitative estimate of drug-likeness (QED) is 0.621. The average molecular weight is 197 g/mol. The fraction of sp³-hybridized carbons (Fsp3) is 0.800. The topological polar surface area (TPSA) is 78.9 Å². The van der Waals surface area contributed by atoms with Crippen molar-refractivity contribution in [1.82, 2.24) is 5.32 Å². The van der Waals surface area contributed by atoms with Gasteiger partial charge >= 0.3 is 0 Å². The normalized spacial score (nSPS) is 10.7. The number of unbranched alkanes of at least 4 members (excludes halogenated alkanes) is 1. The Morgan fingerprint density at radius 3 is 2.50 bits per heavy atom. The van der Waals surface area contributed by atoms with Gasteiger partial charge in [0.2, 0.25) is 5.91 Å². The van der Waals surface area contributed by atoms with Crippen LogP contribution in [0.5, 0.6) is 0 Å². The number of nitriles is 1. The van der Waals surface area contributed by atoms with E-state index in [4.69, 9.17) is 11.0 Å². The summed E-state index contributed by atoms with van der Waals surface area (Å²) in [4.78, 5) is 11.6. The molecule has 0 fully saturated rings. The minimum atomic E-state index is -0.743. The van der Waals surface area contributed by atoms with Crippen LogP contribution in [0.2, 0.25) is 0 Å². The summed E-state index contributed by atoms with van der Waals surface area (Å²) >= 11 is 0. The van der Waals surface area contributed by atoms with Gasteiger partial charge in [0, 0.05) is 13.0 Å². The van der Waals surface area contributed by atoms with Crippen LogP contribution in [0.15, 0.2) is 0 Å². The molecule has 0 saturated carbocycles. The van der Waals surface area contributed by atoms with Gasteiger partial charge in [0.05, 0.1) is 11.6 Å². The summed E-state index contributed by atoms with van der Waals surface area (Å²) in [5.74, 6) is -0.111. The Hall–Kier alpha value is -1.08. The first-order chi connectivity index (χ1) is 6.60. The van der Waals surface area contributed by atoms with E-state index in [1.165, 1.54) is 0 Å². The molecule has 0 radical (unpaired) electrons. The van der Waals surface area contributed by atoms with E-state index in [9.17, 15) is 4.79 Å². The molecule has 0 aromatic carbocycles. The van der Waals surface area contributed by atoms with E-state index < -0.39 is 5.54 Å². The van der Waals surface area contributed by atoms with Gasteiger partial charge in [-0.05, 0) is 19.3 Å². The largest absolute Gasteiger partial charge is 0.354 e. The van der Waals surface area contributed by atoms with Gasteiger partial charge in [0.1, 0.15) is 0 Å². The number of carbonyl (C=O) groups is 1. The van der Waals surface area contributed by atoms with Crippen molar-refractivity contribution in [2.75, 3.05) is 6.54 Å². The van der Waals surface area contributed by atoms with E-state index in [-0.39, 0.29) is 5.91 Å². The van der Waals surface area contributed by atoms with Crippen LogP contribution in [0.25, 0.3) is 0 Å². The first-order valence-corrected chi connectivity index (χ1v) is 5.04. The summed E-state index contributed by atoms with van der Waals surface area (Å²) in [6, 6.07) is 2.03. The molecule has 0 spiro atoms. The fourth-order valence-corrected chi connectivity index (χ4v) is 1.12. The van der Waals surface area contributed by atoms with Gasteiger partial charge in [0.15, 0.2) is 0 Å². The van der Waals surface area contributed by atoms with Gasteiger partial charge in [0.25, 0.3) is 0 Å². The highest BCUT2D eigenvalue weighted by molar-refractivity contribution is 5.85. The zero-order valence-electron chi connectivity index (χ0n) is 8.97. The van der Waals surface area contributed by atoms with Crippen molar-refractivity contribution in [3.63, 3.8) is 0 Å². The molecule has 0 rings (SSSR count). The van der Waals surface area contributed by atoms with Crippen LogP contribution in [0.1, 0.15) is 39.5 Å². The van der Waals surface area contributed by atoms with Crippen molar-refractivity contribution in [1.29, 1.82) is 5.26 Å². The molecule has 0 saturated heterocycles. The van der Waals surface area contributed by atoms with Crippen molar-refractivity contribution in [3.05, 3.63) is 0 Å². The highest BCUT2D eigenvalue weighted by Gasteiger charge is 2.29. The van der Waals surface area contributed by atoms with Gasteiger partial charge in [-0.3, -0.25) is 4.79 Å². The molecule has 0 aliphatic carbocycles. The molecule has 0 aliphatic heterocycles. The third-order valence-corrected chi connectivity index (χ3v) is 2.46. The Balaban J connectivity index is 3.89. The molecule has 3 N–H and O–H groups in total. The van der Waals surface area contributed by atoms with Crippen molar-refractivity contribution in [3.8, 4) is 6.07 Å². The molecule has 14 heavy (non-hydrogen) atoms. The predicted molar refractivity (Wildman–Crippen MR) is 55.4 cm³/mol. The summed E-state index contributed by atoms with van der Waals surface area (Å²) in [5, 5.41) is 11.0. The zero-order valence-corrected chi connectivity index (χ0v) is 8.97. The van der Waals surface area contributed by atoms with Crippen molar-refractivity contribution in [2.45, 2.75) is 45.1 Å². The van der Waals surface area contributed by atoms with Crippen LogP contribution in [-0.4, -0.2) is 18.0 Å². The third-order valence-electron chi connectivity index (χ3n) is 2.46. The van der Waals surface area contributed by atoms with E-state index >= 15 is 0 Å². The summed E-state index contributed by atoms with van der Waals surface area (Å²) in [7, 11) is 0. The van der Waals surface area contributed by atoms with Crippen molar-refractivity contribution in [2.24, 2.45) is 5.73 Å². The molecule has 0 unspecified atom stereocenters. The molecule has 0 atom stereocenters. The van der Waals surface area contributed by atoms with Gasteiger partial charge in [-0.1, -0.05) is 13.8 Å². The second kappa shape index (κ2) is 6.39. The summed E-state index contributed by atoms with van der Waals surface area (Å²) < 4.78 is 0. The lowest BCUT2D eigenvalue weighted by Gasteiger charge is -2.24.